The first kappa shape index (κ1) is 21.6. The van der Waals surface area contributed by atoms with Gasteiger partial charge in [0.15, 0.2) is 10.6 Å². The maximum atomic E-state index is 12.7. The second-order valence-electron chi connectivity index (χ2n) is 6.81. The predicted molar refractivity (Wildman–Crippen MR) is 118 cm³/mol. The third-order valence-corrected chi connectivity index (χ3v) is 5.05. The fourth-order valence-electron chi connectivity index (χ4n) is 3.10. The van der Waals surface area contributed by atoms with Crippen LogP contribution in [0.15, 0.2) is 48.5 Å². The van der Waals surface area contributed by atoms with Crippen LogP contribution in [0.25, 0.3) is 11.4 Å². The minimum Gasteiger partial charge on any atom is -0.497 e. The summed E-state index contributed by atoms with van der Waals surface area (Å²) in [6, 6.07) is 15.4. The first-order valence-electron chi connectivity index (χ1n) is 9.77. The van der Waals surface area contributed by atoms with Gasteiger partial charge in [-0.05, 0) is 61.1 Å². The van der Waals surface area contributed by atoms with E-state index in [-0.39, 0.29) is 5.91 Å². The molecule has 0 spiro atoms. The monoisotopic (exact) mass is 426 g/mol. The van der Waals surface area contributed by atoms with Gasteiger partial charge in [-0.2, -0.15) is 5.10 Å². The van der Waals surface area contributed by atoms with Crippen LogP contribution in [0.2, 0.25) is 0 Å². The summed E-state index contributed by atoms with van der Waals surface area (Å²) in [4.78, 5) is 14.4. The highest BCUT2D eigenvalue weighted by atomic mass is 32.1. The van der Waals surface area contributed by atoms with Crippen LogP contribution in [-0.2, 0) is 17.9 Å². The predicted octanol–water partition coefficient (Wildman–Crippen LogP) is 4.06. The first-order chi connectivity index (χ1) is 14.5. The molecule has 7 nitrogen and oxygen atoms in total. The van der Waals surface area contributed by atoms with Gasteiger partial charge in [0.05, 0.1) is 13.7 Å². The lowest BCUT2D eigenvalue weighted by molar-refractivity contribution is -0.130. The van der Waals surface area contributed by atoms with Crippen molar-refractivity contribution < 1.29 is 14.3 Å². The molecule has 0 unspecified atom stereocenters. The van der Waals surface area contributed by atoms with Crippen LogP contribution >= 0.6 is 12.2 Å². The van der Waals surface area contributed by atoms with Gasteiger partial charge in [-0.15, -0.1) is 0 Å². The minimum atomic E-state index is 0.0349. The third-order valence-electron chi connectivity index (χ3n) is 4.74. The van der Waals surface area contributed by atoms with Gasteiger partial charge in [0, 0.05) is 32.1 Å². The fraction of sp³-hybridized carbons (Fsp3) is 0.318. The molecule has 0 aliphatic heterocycles. The van der Waals surface area contributed by atoms with Crippen molar-refractivity contribution in [1.29, 1.82) is 0 Å². The van der Waals surface area contributed by atoms with Crippen molar-refractivity contribution in [3.8, 4) is 22.9 Å². The molecule has 3 aromatic rings. The zero-order valence-electron chi connectivity index (χ0n) is 17.4. The van der Waals surface area contributed by atoms with Gasteiger partial charge in [0.2, 0.25) is 5.91 Å². The topological polar surface area (TPSA) is 72.4 Å². The zero-order chi connectivity index (χ0) is 21.5. The lowest BCUT2D eigenvalue weighted by atomic mass is 10.2. The van der Waals surface area contributed by atoms with E-state index in [4.69, 9.17) is 21.7 Å². The largest absolute Gasteiger partial charge is 0.497 e. The Bertz CT molecular complexity index is 1030. The van der Waals surface area contributed by atoms with Crippen LogP contribution in [0.5, 0.6) is 11.5 Å². The molecule has 158 valence electrons. The Balaban J connectivity index is 1.62. The van der Waals surface area contributed by atoms with Gasteiger partial charge < -0.3 is 14.4 Å². The molecule has 8 heteroatoms. The Kier molecular flexibility index (Phi) is 7.24. The van der Waals surface area contributed by atoms with Crippen LogP contribution in [0.1, 0.15) is 18.9 Å². The Hall–Kier alpha value is -3.13. The second kappa shape index (κ2) is 10.1. The van der Waals surface area contributed by atoms with E-state index in [1.165, 1.54) is 0 Å². The number of aromatic amines is 1. The van der Waals surface area contributed by atoms with Crippen LogP contribution < -0.4 is 9.47 Å². The molecule has 0 aliphatic rings. The average molecular weight is 427 g/mol. The van der Waals surface area contributed by atoms with Gasteiger partial charge in [-0.25, -0.2) is 0 Å². The van der Waals surface area contributed by atoms with Crippen molar-refractivity contribution in [2.75, 3.05) is 20.8 Å². The molecule has 3 rings (SSSR count). The Morgan fingerprint density at radius 3 is 2.43 bits per heavy atom. The molecule has 0 fully saturated rings. The van der Waals surface area contributed by atoms with Crippen LogP contribution in [0.4, 0.5) is 0 Å². The maximum Gasteiger partial charge on any atom is 0.224 e. The van der Waals surface area contributed by atoms with E-state index in [1.807, 2.05) is 60.0 Å². The number of rotatable bonds is 9. The number of carbonyl (C=O) groups excluding carboxylic acids is 1. The number of hydrogen-bond acceptors (Lipinski definition) is 5. The summed E-state index contributed by atoms with van der Waals surface area (Å²) in [5, 5.41) is 7.14. The van der Waals surface area contributed by atoms with Crippen molar-refractivity contribution in [3.63, 3.8) is 0 Å². The number of nitrogens with one attached hydrogen (secondary N) is 1. The average Bonchev–Trinajstić information content (AvgIpc) is 3.14. The molecule has 30 heavy (non-hydrogen) atoms. The molecule has 0 radical (unpaired) electrons. The number of ether oxygens (including phenoxy) is 2. The molecule has 1 aromatic heterocycles. The lowest BCUT2D eigenvalue weighted by Crippen LogP contribution is -2.27. The molecule has 0 aliphatic carbocycles. The lowest BCUT2D eigenvalue weighted by Gasteiger charge is -2.18. The summed E-state index contributed by atoms with van der Waals surface area (Å²) in [6.07, 6.45) is 0.324. The molecule has 2 aromatic carbocycles. The number of carbonyl (C=O) groups is 1. The van der Waals surface area contributed by atoms with E-state index < -0.39 is 0 Å². The summed E-state index contributed by atoms with van der Waals surface area (Å²) in [5.74, 6) is 2.33. The maximum absolute atomic E-state index is 12.7. The van der Waals surface area contributed by atoms with Crippen molar-refractivity contribution >= 4 is 18.1 Å². The van der Waals surface area contributed by atoms with E-state index in [9.17, 15) is 4.79 Å². The van der Waals surface area contributed by atoms with E-state index >= 15 is 0 Å². The smallest absolute Gasteiger partial charge is 0.224 e. The van der Waals surface area contributed by atoms with Gasteiger partial charge in [-0.1, -0.05) is 12.1 Å². The Morgan fingerprint density at radius 2 is 1.80 bits per heavy atom. The highest BCUT2D eigenvalue weighted by Gasteiger charge is 2.14. The van der Waals surface area contributed by atoms with Crippen molar-refractivity contribution in [1.82, 2.24) is 19.7 Å². The number of amides is 1. The van der Waals surface area contributed by atoms with Crippen LogP contribution in [0.3, 0.4) is 0 Å². The SMILES string of the molecule is CCOc1ccc(CN(C)C(=O)CCn2c(-c3ccc(OC)cc3)n[nH]c2=S)cc1. The summed E-state index contributed by atoms with van der Waals surface area (Å²) >= 11 is 5.36. The van der Waals surface area contributed by atoms with Crippen LogP contribution in [0, 0.1) is 4.77 Å². The van der Waals surface area contributed by atoms with E-state index in [0.29, 0.717) is 36.7 Å². The molecule has 0 atom stereocenters. The van der Waals surface area contributed by atoms with E-state index in [1.54, 1.807) is 19.1 Å². The highest BCUT2D eigenvalue weighted by molar-refractivity contribution is 7.71. The molecule has 1 heterocycles. The molecule has 0 saturated carbocycles. The number of methoxy groups -OCH3 is 1. The van der Waals surface area contributed by atoms with Crippen molar-refractivity contribution in [2.45, 2.75) is 26.4 Å². The van der Waals surface area contributed by atoms with Crippen LogP contribution in [-0.4, -0.2) is 46.3 Å². The van der Waals surface area contributed by atoms with Gasteiger partial charge in [0.25, 0.3) is 0 Å². The second-order valence-corrected chi connectivity index (χ2v) is 7.20. The summed E-state index contributed by atoms with van der Waals surface area (Å²) in [7, 11) is 3.43. The quantitative estimate of drug-likeness (QED) is 0.523. The molecule has 0 bridgehead atoms. The highest BCUT2D eigenvalue weighted by Crippen LogP contribution is 2.21. The normalized spacial score (nSPS) is 10.6. The molecule has 0 saturated heterocycles. The third kappa shape index (κ3) is 5.27. The number of benzene rings is 2. The Morgan fingerprint density at radius 1 is 1.13 bits per heavy atom. The van der Waals surface area contributed by atoms with Gasteiger partial charge in [-0.3, -0.25) is 14.5 Å². The summed E-state index contributed by atoms with van der Waals surface area (Å²) in [6.45, 7) is 3.57. The standard InChI is InChI=1S/C22H26N4O3S/c1-4-29-19-9-5-16(6-10-19)15-25(2)20(27)13-14-26-21(23-24-22(26)30)17-7-11-18(28-3)12-8-17/h5-12H,4,13-15H2,1-3H3,(H,24,30). The zero-order valence-corrected chi connectivity index (χ0v) is 18.2. The van der Waals surface area contributed by atoms with Gasteiger partial charge >= 0.3 is 0 Å². The number of nitrogens with zero attached hydrogens (tertiary/aromatic N) is 3. The number of aromatic nitrogens is 3. The molecular weight excluding hydrogens is 400 g/mol. The first-order valence-corrected chi connectivity index (χ1v) is 10.2. The summed E-state index contributed by atoms with van der Waals surface area (Å²) in [5.41, 5.74) is 1.95. The molecular formula is C22H26N4O3S. The fourth-order valence-corrected chi connectivity index (χ4v) is 3.33. The number of hydrogen-bond donors (Lipinski definition) is 1. The minimum absolute atomic E-state index is 0.0349. The van der Waals surface area contributed by atoms with Gasteiger partial charge in [0.1, 0.15) is 11.5 Å². The van der Waals surface area contributed by atoms with Crippen molar-refractivity contribution in [2.24, 2.45) is 0 Å². The van der Waals surface area contributed by atoms with Crippen molar-refractivity contribution in [3.05, 3.63) is 58.9 Å². The molecule has 1 N–H and O–H groups in total. The van der Waals surface area contributed by atoms with E-state index in [2.05, 4.69) is 10.2 Å². The number of H-pyrrole nitrogens is 1. The van der Waals surface area contributed by atoms with E-state index in [0.717, 1.165) is 22.6 Å². The summed E-state index contributed by atoms with van der Waals surface area (Å²) < 4.78 is 13.0. The Labute approximate surface area is 181 Å². The molecule has 1 amide bonds.